The fraction of sp³-hybridized carbons (Fsp3) is 0.692. The summed E-state index contributed by atoms with van der Waals surface area (Å²) in [5.41, 5.74) is 0. The quantitative estimate of drug-likeness (QED) is 0.810. The fourth-order valence-corrected chi connectivity index (χ4v) is 5.03. The SMILES string of the molecule is COCCN1CCC[C@@H](NS(=O)(=O)c2sccc2OC)C1. The van der Waals surface area contributed by atoms with E-state index in [1.54, 1.807) is 18.6 Å². The number of piperidine rings is 1. The lowest BCUT2D eigenvalue weighted by Crippen LogP contribution is -2.48. The van der Waals surface area contributed by atoms with Crippen molar-refractivity contribution in [1.29, 1.82) is 0 Å². The summed E-state index contributed by atoms with van der Waals surface area (Å²) in [4.78, 5) is 2.23. The highest BCUT2D eigenvalue weighted by molar-refractivity contribution is 7.91. The summed E-state index contributed by atoms with van der Waals surface area (Å²) in [6.07, 6.45) is 1.84. The van der Waals surface area contributed by atoms with E-state index in [2.05, 4.69) is 9.62 Å². The molecule has 0 aromatic carbocycles. The van der Waals surface area contributed by atoms with E-state index in [0.717, 1.165) is 32.5 Å². The minimum Gasteiger partial charge on any atom is -0.494 e. The maximum atomic E-state index is 12.4. The molecule has 0 aliphatic carbocycles. The molecule has 0 amide bonds. The van der Waals surface area contributed by atoms with Gasteiger partial charge in [0, 0.05) is 26.2 Å². The van der Waals surface area contributed by atoms with Gasteiger partial charge in [0.25, 0.3) is 10.0 Å². The summed E-state index contributed by atoms with van der Waals surface area (Å²) in [6, 6.07) is 1.61. The lowest BCUT2D eigenvalue weighted by molar-refractivity contribution is 0.126. The Labute approximate surface area is 130 Å². The lowest BCUT2D eigenvalue weighted by Gasteiger charge is -2.32. The van der Waals surface area contributed by atoms with Gasteiger partial charge in [0.2, 0.25) is 0 Å². The highest BCUT2D eigenvalue weighted by Crippen LogP contribution is 2.29. The van der Waals surface area contributed by atoms with Gasteiger partial charge in [-0.15, -0.1) is 11.3 Å². The van der Waals surface area contributed by atoms with Crippen LogP contribution in [-0.2, 0) is 14.8 Å². The second kappa shape index (κ2) is 7.55. The van der Waals surface area contributed by atoms with E-state index in [0.29, 0.717) is 12.4 Å². The molecule has 1 aromatic rings. The van der Waals surface area contributed by atoms with Crippen LogP contribution in [0.25, 0.3) is 0 Å². The molecule has 21 heavy (non-hydrogen) atoms. The van der Waals surface area contributed by atoms with Gasteiger partial charge in [-0.1, -0.05) is 0 Å². The van der Waals surface area contributed by atoms with E-state index in [1.807, 2.05) is 0 Å². The first-order valence-electron chi connectivity index (χ1n) is 6.92. The molecule has 1 N–H and O–H groups in total. The summed E-state index contributed by atoms with van der Waals surface area (Å²) in [5.74, 6) is 0.402. The molecule has 2 rings (SSSR count). The Hall–Kier alpha value is -0.670. The molecule has 1 aromatic heterocycles. The molecule has 120 valence electrons. The van der Waals surface area contributed by atoms with Crippen molar-refractivity contribution >= 4 is 21.4 Å². The van der Waals surface area contributed by atoms with Crippen molar-refractivity contribution in [3.8, 4) is 5.75 Å². The smallest absolute Gasteiger partial charge is 0.254 e. The highest BCUT2D eigenvalue weighted by atomic mass is 32.2. The van der Waals surface area contributed by atoms with E-state index >= 15 is 0 Å². The third-order valence-corrected chi connectivity index (χ3v) is 6.47. The Morgan fingerprint density at radius 3 is 3.00 bits per heavy atom. The van der Waals surface area contributed by atoms with Crippen LogP contribution in [0.3, 0.4) is 0 Å². The number of sulfonamides is 1. The monoisotopic (exact) mass is 334 g/mol. The summed E-state index contributed by atoms with van der Waals surface area (Å²) < 4.78 is 38.1. The molecule has 1 saturated heterocycles. The molecular formula is C13H22N2O4S2. The minimum absolute atomic E-state index is 0.0626. The number of ether oxygens (including phenoxy) is 2. The number of methoxy groups -OCH3 is 2. The first-order chi connectivity index (χ1) is 10.1. The zero-order valence-electron chi connectivity index (χ0n) is 12.4. The van der Waals surface area contributed by atoms with Gasteiger partial charge in [0.05, 0.1) is 13.7 Å². The third-order valence-electron chi connectivity index (χ3n) is 3.50. The van der Waals surface area contributed by atoms with Gasteiger partial charge in [-0.25, -0.2) is 13.1 Å². The number of hydrogen-bond acceptors (Lipinski definition) is 6. The zero-order valence-corrected chi connectivity index (χ0v) is 14.0. The Bertz CT molecular complexity index is 544. The van der Waals surface area contributed by atoms with Gasteiger partial charge < -0.3 is 9.47 Å². The van der Waals surface area contributed by atoms with Crippen LogP contribution in [0.5, 0.6) is 5.75 Å². The Morgan fingerprint density at radius 1 is 1.48 bits per heavy atom. The van der Waals surface area contributed by atoms with Crippen molar-refractivity contribution in [2.45, 2.75) is 23.1 Å². The van der Waals surface area contributed by atoms with Crippen molar-refractivity contribution in [3.05, 3.63) is 11.4 Å². The Kier molecular flexibility index (Phi) is 6.00. The average molecular weight is 334 g/mol. The third kappa shape index (κ3) is 4.40. The molecule has 1 aliphatic rings. The Balaban J connectivity index is 2.00. The molecule has 0 unspecified atom stereocenters. The molecule has 1 atom stereocenters. The first-order valence-corrected chi connectivity index (χ1v) is 9.28. The zero-order chi connectivity index (χ0) is 15.3. The minimum atomic E-state index is -3.52. The number of thiophene rings is 1. The number of likely N-dealkylation sites (tertiary alicyclic amines) is 1. The van der Waals surface area contributed by atoms with Crippen LogP contribution >= 0.6 is 11.3 Å². The summed E-state index contributed by atoms with van der Waals surface area (Å²) in [7, 11) is -0.364. The van der Waals surface area contributed by atoms with Crippen molar-refractivity contribution in [2.75, 3.05) is 40.5 Å². The molecule has 0 radical (unpaired) electrons. The Morgan fingerprint density at radius 2 is 2.29 bits per heavy atom. The second-order valence-electron chi connectivity index (χ2n) is 5.03. The highest BCUT2D eigenvalue weighted by Gasteiger charge is 2.27. The lowest BCUT2D eigenvalue weighted by atomic mass is 10.1. The number of hydrogen-bond donors (Lipinski definition) is 1. The van der Waals surface area contributed by atoms with Crippen LogP contribution in [0.15, 0.2) is 15.7 Å². The van der Waals surface area contributed by atoms with E-state index in [4.69, 9.17) is 9.47 Å². The maximum absolute atomic E-state index is 12.4. The molecular weight excluding hydrogens is 312 g/mol. The number of rotatable bonds is 7. The maximum Gasteiger partial charge on any atom is 0.254 e. The topological polar surface area (TPSA) is 67.9 Å². The van der Waals surface area contributed by atoms with Gasteiger partial charge in [-0.2, -0.15) is 0 Å². The van der Waals surface area contributed by atoms with Gasteiger partial charge in [0.15, 0.2) is 4.21 Å². The van der Waals surface area contributed by atoms with Gasteiger partial charge in [-0.05, 0) is 30.8 Å². The predicted octanol–water partition coefficient (Wildman–Crippen LogP) is 1.15. The molecule has 0 spiro atoms. The predicted molar refractivity (Wildman–Crippen MR) is 82.5 cm³/mol. The standard InChI is InChI=1S/C13H22N2O4S2/c1-18-8-7-15-6-3-4-11(10-15)14-21(16,17)13-12(19-2)5-9-20-13/h5,9,11,14H,3-4,6-8,10H2,1-2H3/t11-/m1/s1. The van der Waals surface area contributed by atoms with Crippen molar-refractivity contribution in [3.63, 3.8) is 0 Å². The van der Waals surface area contributed by atoms with Gasteiger partial charge in [0.1, 0.15) is 5.75 Å². The molecule has 1 aliphatic heterocycles. The number of nitrogens with zero attached hydrogens (tertiary/aromatic N) is 1. The summed E-state index contributed by atoms with van der Waals surface area (Å²) in [6.45, 7) is 3.20. The normalized spacial score (nSPS) is 20.6. The van der Waals surface area contributed by atoms with Gasteiger partial charge in [-0.3, -0.25) is 4.90 Å². The van der Waals surface area contributed by atoms with E-state index in [9.17, 15) is 8.42 Å². The molecule has 6 nitrogen and oxygen atoms in total. The number of nitrogens with one attached hydrogen (secondary N) is 1. The van der Waals surface area contributed by atoms with Crippen molar-refractivity contribution < 1.29 is 17.9 Å². The van der Waals surface area contributed by atoms with Crippen molar-refractivity contribution in [1.82, 2.24) is 9.62 Å². The second-order valence-corrected chi connectivity index (χ2v) is 7.86. The first kappa shape index (κ1) is 16.7. The van der Waals surface area contributed by atoms with E-state index in [-0.39, 0.29) is 10.3 Å². The summed E-state index contributed by atoms with van der Waals surface area (Å²) in [5, 5.41) is 1.72. The molecule has 8 heteroatoms. The fourth-order valence-electron chi connectivity index (χ4n) is 2.48. The van der Waals surface area contributed by atoms with Gasteiger partial charge >= 0.3 is 0 Å². The molecule has 2 heterocycles. The molecule has 1 fully saturated rings. The molecule has 0 bridgehead atoms. The van der Waals surface area contributed by atoms with Crippen molar-refractivity contribution in [2.24, 2.45) is 0 Å². The summed E-state index contributed by atoms with van der Waals surface area (Å²) >= 11 is 1.18. The van der Waals surface area contributed by atoms with E-state index < -0.39 is 10.0 Å². The van der Waals surface area contributed by atoms with Crippen LogP contribution in [0, 0.1) is 0 Å². The van der Waals surface area contributed by atoms with E-state index in [1.165, 1.54) is 18.4 Å². The van der Waals surface area contributed by atoms with Crippen LogP contribution in [-0.4, -0.2) is 59.8 Å². The average Bonchev–Trinajstić information content (AvgIpc) is 2.94. The van der Waals surface area contributed by atoms with Crippen LogP contribution in [0.4, 0.5) is 0 Å². The van der Waals surface area contributed by atoms with Crippen LogP contribution in [0.2, 0.25) is 0 Å². The van der Waals surface area contributed by atoms with Crippen LogP contribution in [0.1, 0.15) is 12.8 Å². The largest absolute Gasteiger partial charge is 0.494 e. The molecule has 0 saturated carbocycles. The van der Waals surface area contributed by atoms with Crippen LogP contribution < -0.4 is 9.46 Å².